The molecule has 3 heterocycles. The minimum Gasteiger partial charge on any atom is -0.489 e. The molecule has 8 heteroatoms. The van der Waals surface area contributed by atoms with Gasteiger partial charge in [-0.3, -0.25) is 9.69 Å². The fraction of sp³-hybridized carbons (Fsp3) is 0.609. The molecule has 31 heavy (non-hydrogen) atoms. The fourth-order valence-electron chi connectivity index (χ4n) is 4.51. The van der Waals surface area contributed by atoms with Crippen LogP contribution in [0.5, 0.6) is 5.75 Å². The van der Waals surface area contributed by atoms with Gasteiger partial charge >= 0.3 is 0 Å². The maximum absolute atomic E-state index is 13.6. The summed E-state index contributed by atoms with van der Waals surface area (Å²) in [5.41, 5.74) is 0. The van der Waals surface area contributed by atoms with E-state index in [4.69, 9.17) is 4.74 Å². The molecule has 2 aromatic rings. The van der Waals surface area contributed by atoms with Crippen LogP contribution in [-0.2, 0) is 17.8 Å². The Morgan fingerprint density at radius 2 is 2.06 bits per heavy atom. The number of likely N-dealkylation sites (N-methyl/N-ethyl adjacent to an activating group) is 1. The zero-order chi connectivity index (χ0) is 21.6. The third kappa shape index (κ3) is 5.42. The van der Waals surface area contributed by atoms with Crippen molar-refractivity contribution >= 4 is 5.91 Å². The van der Waals surface area contributed by atoms with E-state index in [-0.39, 0.29) is 24.1 Å². The zero-order valence-corrected chi connectivity index (χ0v) is 18.3. The number of hydrogen-bond donors (Lipinski definition) is 0. The van der Waals surface area contributed by atoms with Gasteiger partial charge in [0, 0.05) is 32.5 Å². The van der Waals surface area contributed by atoms with E-state index in [0.717, 1.165) is 50.5 Å². The van der Waals surface area contributed by atoms with Crippen LogP contribution < -0.4 is 4.74 Å². The molecule has 1 saturated heterocycles. The second-order valence-corrected chi connectivity index (χ2v) is 8.61. The second-order valence-electron chi connectivity index (χ2n) is 8.61. The first-order valence-corrected chi connectivity index (χ1v) is 11.4. The molecule has 1 aromatic heterocycles. The van der Waals surface area contributed by atoms with Crippen LogP contribution in [0.4, 0.5) is 4.39 Å². The highest BCUT2D eigenvalue weighted by atomic mass is 19.1. The summed E-state index contributed by atoms with van der Waals surface area (Å²) in [5.74, 6) is 2.43. The minimum absolute atomic E-state index is 0.0536. The summed E-state index contributed by atoms with van der Waals surface area (Å²) in [6, 6.07) is 6.32. The molecule has 7 nitrogen and oxygen atoms in total. The Labute approximate surface area is 183 Å². The van der Waals surface area contributed by atoms with Gasteiger partial charge in [0.2, 0.25) is 5.91 Å². The quantitative estimate of drug-likeness (QED) is 0.677. The lowest BCUT2D eigenvalue weighted by Crippen LogP contribution is -2.43. The molecule has 1 atom stereocenters. The molecule has 2 aliphatic heterocycles. The van der Waals surface area contributed by atoms with Gasteiger partial charge in [-0.2, -0.15) is 0 Å². The van der Waals surface area contributed by atoms with Crippen LogP contribution in [0.25, 0.3) is 0 Å². The summed E-state index contributed by atoms with van der Waals surface area (Å²) < 4.78 is 21.4. The average molecular weight is 430 g/mol. The molecule has 0 radical (unpaired) electrons. The molecule has 0 N–H and O–H groups in total. The minimum atomic E-state index is -0.387. The highest BCUT2D eigenvalue weighted by molar-refractivity contribution is 5.78. The Morgan fingerprint density at radius 1 is 1.19 bits per heavy atom. The van der Waals surface area contributed by atoms with Gasteiger partial charge in [0.05, 0.1) is 13.1 Å². The van der Waals surface area contributed by atoms with Crippen LogP contribution in [-0.4, -0.2) is 70.3 Å². The van der Waals surface area contributed by atoms with Gasteiger partial charge in [0.25, 0.3) is 0 Å². The molecule has 1 amide bonds. The van der Waals surface area contributed by atoms with Crippen molar-refractivity contribution < 1.29 is 13.9 Å². The standard InChI is InChI=1S/C23H32FN5O2/c1-27(14-15-31-20-10-5-4-9-19(20)24)22(30)17-28-12-7-8-18(16-28)23-26-25-21-11-3-2-6-13-29(21)23/h4-5,9-10,18H,2-3,6-8,11-17H2,1H3. The summed E-state index contributed by atoms with van der Waals surface area (Å²) in [4.78, 5) is 16.6. The predicted octanol–water partition coefficient (Wildman–Crippen LogP) is 2.86. The number of piperidine rings is 1. The molecule has 1 unspecified atom stereocenters. The number of aryl methyl sites for hydroxylation is 1. The Hall–Kier alpha value is -2.48. The highest BCUT2D eigenvalue weighted by Gasteiger charge is 2.28. The molecule has 1 fully saturated rings. The summed E-state index contributed by atoms with van der Waals surface area (Å²) in [5, 5.41) is 8.98. The summed E-state index contributed by atoms with van der Waals surface area (Å²) in [7, 11) is 1.77. The van der Waals surface area contributed by atoms with Crippen LogP contribution >= 0.6 is 0 Å². The van der Waals surface area contributed by atoms with Crippen LogP contribution in [0.1, 0.15) is 49.7 Å². The van der Waals surface area contributed by atoms with E-state index in [1.54, 1.807) is 30.1 Å². The lowest BCUT2D eigenvalue weighted by Gasteiger charge is -2.33. The normalized spacial score (nSPS) is 19.5. The van der Waals surface area contributed by atoms with Gasteiger partial charge in [-0.15, -0.1) is 10.2 Å². The molecule has 0 aliphatic carbocycles. The number of ether oxygens (including phenoxy) is 1. The Balaban J connectivity index is 1.27. The SMILES string of the molecule is CN(CCOc1ccccc1F)C(=O)CN1CCCC(c2nnc3n2CCCCC3)C1. The van der Waals surface area contributed by atoms with Crippen molar-refractivity contribution in [2.24, 2.45) is 0 Å². The smallest absolute Gasteiger partial charge is 0.236 e. The van der Waals surface area contributed by atoms with Crippen LogP contribution in [0.2, 0.25) is 0 Å². The van der Waals surface area contributed by atoms with E-state index in [9.17, 15) is 9.18 Å². The Bertz CT molecular complexity index is 887. The van der Waals surface area contributed by atoms with Crippen molar-refractivity contribution in [3.05, 3.63) is 41.7 Å². The molecule has 0 spiro atoms. The molecule has 4 rings (SSSR count). The number of hydrogen-bond acceptors (Lipinski definition) is 5. The Morgan fingerprint density at radius 3 is 2.94 bits per heavy atom. The number of benzene rings is 1. The van der Waals surface area contributed by atoms with E-state index in [1.165, 1.54) is 25.3 Å². The summed E-state index contributed by atoms with van der Waals surface area (Å²) in [6.45, 7) is 3.83. The number of para-hydroxylation sites is 1. The van der Waals surface area contributed by atoms with Crippen molar-refractivity contribution in [2.75, 3.05) is 39.8 Å². The van der Waals surface area contributed by atoms with Gasteiger partial charge in [0.15, 0.2) is 11.6 Å². The van der Waals surface area contributed by atoms with Crippen molar-refractivity contribution in [1.82, 2.24) is 24.6 Å². The molecular formula is C23H32FN5O2. The molecule has 168 valence electrons. The van der Waals surface area contributed by atoms with Crippen molar-refractivity contribution in [3.8, 4) is 5.75 Å². The molecule has 0 saturated carbocycles. The van der Waals surface area contributed by atoms with Gasteiger partial charge in [-0.25, -0.2) is 4.39 Å². The van der Waals surface area contributed by atoms with Crippen LogP contribution in [0.15, 0.2) is 24.3 Å². The van der Waals surface area contributed by atoms with Gasteiger partial charge in [-0.1, -0.05) is 18.6 Å². The summed E-state index contributed by atoms with van der Waals surface area (Å²) in [6.07, 6.45) is 6.79. The average Bonchev–Trinajstić information content (AvgIpc) is 3.03. The predicted molar refractivity (Wildman–Crippen MR) is 116 cm³/mol. The number of aromatic nitrogens is 3. The first-order chi connectivity index (χ1) is 15.1. The second kappa shape index (κ2) is 10.2. The van der Waals surface area contributed by atoms with E-state index < -0.39 is 0 Å². The van der Waals surface area contributed by atoms with Crippen LogP contribution in [0.3, 0.4) is 0 Å². The molecule has 0 bridgehead atoms. The number of carbonyl (C=O) groups is 1. The topological polar surface area (TPSA) is 63.5 Å². The number of rotatable bonds is 7. The third-order valence-corrected chi connectivity index (χ3v) is 6.31. The van der Waals surface area contributed by atoms with Gasteiger partial charge in [-0.05, 0) is 44.4 Å². The van der Waals surface area contributed by atoms with Gasteiger partial charge < -0.3 is 14.2 Å². The first kappa shape index (κ1) is 21.7. The van der Waals surface area contributed by atoms with Crippen molar-refractivity contribution in [3.63, 3.8) is 0 Å². The number of carbonyl (C=O) groups excluding carboxylic acids is 1. The lowest BCUT2D eigenvalue weighted by molar-refractivity contribution is -0.131. The van der Waals surface area contributed by atoms with Gasteiger partial charge in [0.1, 0.15) is 18.3 Å². The lowest BCUT2D eigenvalue weighted by atomic mass is 9.97. The number of likely N-dealkylation sites (tertiary alicyclic amines) is 1. The van der Waals surface area contributed by atoms with Crippen LogP contribution in [0, 0.1) is 5.82 Å². The van der Waals surface area contributed by atoms with Crippen molar-refractivity contribution in [2.45, 2.75) is 51.0 Å². The van der Waals surface area contributed by atoms with E-state index >= 15 is 0 Å². The monoisotopic (exact) mass is 429 g/mol. The van der Waals surface area contributed by atoms with E-state index in [1.807, 2.05) is 0 Å². The van der Waals surface area contributed by atoms with E-state index in [2.05, 4.69) is 19.7 Å². The number of amides is 1. The largest absolute Gasteiger partial charge is 0.489 e. The number of nitrogens with zero attached hydrogens (tertiary/aromatic N) is 5. The Kier molecular flexibility index (Phi) is 7.17. The zero-order valence-electron chi connectivity index (χ0n) is 18.3. The molecule has 2 aliphatic rings. The number of fused-ring (bicyclic) bond motifs is 1. The highest BCUT2D eigenvalue weighted by Crippen LogP contribution is 2.28. The number of halogens is 1. The van der Waals surface area contributed by atoms with Crippen molar-refractivity contribution in [1.29, 1.82) is 0 Å². The van der Waals surface area contributed by atoms with E-state index in [0.29, 0.717) is 19.0 Å². The summed E-state index contributed by atoms with van der Waals surface area (Å²) >= 11 is 0. The fourth-order valence-corrected chi connectivity index (χ4v) is 4.51. The maximum atomic E-state index is 13.6. The maximum Gasteiger partial charge on any atom is 0.236 e. The third-order valence-electron chi connectivity index (χ3n) is 6.31. The molecule has 1 aromatic carbocycles. The molecular weight excluding hydrogens is 397 g/mol. The first-order valence-electron chi connectivity index (χ1n) is 11.4.